The van der Waals surface area contributed by atoms with Crippen LogP contribution < -0.4 is 5.32 Å². The molecular formula is C20H33N3O. The third-order valence-corrected chi connectivity index (χ3v) is 6.23. The molecule has 1 N–H and O–H groups in total. The molecule has 2 aliphatic rings. The number of hydrogen-bond donors (Lipinski definition) is 1. The zero-order valence-electron chi connectivity index (χ0n) is 15.9. The maximum atomic E-state index is 12.6. The van der Waals surface area contributed by atoms with Gasteiger partial charge in [0.1, 0.15) is 0 Å². The van der Waals surface area contributed by atoms with Crippen molar-refractivity contribution in [2.24, 2.45) is 23.7 Å². The van der Waals surface area contributed by atoms with Crippen LogP contribution in [0.2, 0.25) is 0 Å². The van der Waals surface area contributed by atoms with Crippen LogP contribution in [0.25, 0.3) is 0 Å². The molecule has 2 bridgehead atoms. The third-order valence-electron chi connectivity index (χ3n) is 6.23. The SMILES string of the molecule is Cc1nn(CC(C)C)c(C)c1CC(=O)N[C@H](C)[C@@H]1C[C@H]2CC[C@H]1C2. The van der Waals surface area contributed by atoms with Crippen LogP contribution in [0.4, 0.5) is 0 Å². The molecule has 0 aliphatic heterocycles. The van der Waals surface area contributed by atoms with Crippen molar-refractivity contribution in [3.8, 4) is 0 Å². The summed E-state index contributed by atoms with van der Waals surface area (Å²) in [5.74, 6) is 3.18. The second-order valence-electron chi connectivity index (χ2n) is 8.60. The van der Waals surface area contributed by atoms with Crippen molar-refractivity contribution >= 4 is 5.91 Å². The summed E-state index contributed by atoms with van der Waals surface area (Å²) in [6.07, 6.45) is 5.95. The number of nitrogens with zero attached hydrogens (tertiary/aromatic N) is 2. The summed E-state index contributed by atoms with van der Waals surface area (Å²) in [6, 6.07) is 0.305. The number of fused-ring (bicyclic) bond motifs is 2. The van der Waals surface area contributed by atoms with Gasteiger partial charge >= 0.3 is 0 Å². The molecule has 2 fully saturated rings. The Bertz CT molecular complexity index is 604. The Labute approximate surface area is 146 Å². The highest BCUT2D eigenvalue weighted by molar-refractivity contribution is 5.79. The van der Waals surface area contributed by atoms with Crippen LogP contribution in [-0.4, -0.2) is 21.7 Å². The molecule has 24 heavy (non-hydrogen) atoms. The van der Waals surface area contributed by atoms with Crippen molar-refractivity contribution in [1.29, 1.82) is 0 Å². The molecule has 1 amide bonds. The van der Waals surface area contributed by atoms with E-state index >= 15 is 0 Å². The number of hydrogen-bond acceptors (Lipinski definition) is 2. The summed E-state index contributed by atoms with van der Waals surface area (Å²) in [4.78, 5) is 12.6. The zero-order chi connectivity index (χ0) is 17.4. The van der Waals surface area contributed by atoms with Crippen LogP contribution in [0.1, 0.15) is 63.4 Å². The molecule has 0 aromatic carbocycles. The highest BCUT2D eigenvalue weighted by Crippen LogP contribution is 2.49. The Hall–Kier alpha value is -1.32. The molecule has 0 saturated heterocycles. The van der Waals surface area contributed by atoms with Crippen molar-refractivity contribution in [2.75, 3.05) is 0 Å². The fourth-order valence-electron chi connectivity index (χ4n) is 4.99. The first-order valence-corrected chi connectivity index (χ1v) is 9.67. The van der Waals surface area contributed by atoms with Gasteiger partial charge in [-0.3, -0.25) is 9.48 Å². The first-order valence-electron chi connectivity index (χ1n) is 9.67. The molecule has 2 aliphatic carbocycles. The van der Waals surface area contributed by atoms with E-state index in [-0.39, 0.29) is 5.91 Å². The number of aryl methyl sites for hydroxylation is 1. The summed E-state index contributed by atoms with van der Waals surface area (Å²) in [7, 11) is 0. The molecule has 1 aromatic rings. The van der Waals surface area contributed by atoms with E-state index in [9.17, 15) is 4.79 Å². The fraction of sp³-hybridized carbons (Fsp3) is 0.800. The molecule has 4 atom stereocenters. The molecule has 0 radical (unpaired) electrons. The number of carbonyl (C=O) groups excluding carboxylic acids is 1. The van der Waals surface area contributed by atoms with Crippen LogP contribution >= 0.6 is 0 Å². The first kappa shape index (κ1) is 17.5. The van der Waals surface area contributed by atoms with Crippen LogP contribution in [0.3, 0.4) is 0 Å². The molecule has 4 nitrogen and oxygen atoms in total. The lowest BCUT2D eigenvalue weighted by Crippen LogP contribution is -2.40. The summed E-state index contributed by atoms with van der Waals surface area (Å²) in [6.45, 7) is 11.6. The minimum absolute atomic E-state index is 0.153. The summed E-state index contributed by atoms with van der Waals surface area (Å²) < 4.78 is 2.06. The molecule has 0 spiro atoms. The maximum Gasteiger partial charge on any atom is 0.224 e. The Morgan fingerprint density at radius 1 is 1.25 bits per heavy atom. The van der Waals surface area contributed by atoms with E-state index in [0.29, 0.717) is 24.3 Å². The number of aromatic nitrogens is 2. The van der Waals surface area contributed by atoms with Crippen molar-refractivity contribution in [1.82, 2.24) is 15.1 Å². The molecule has 134 valence electrons. The monoisotopic (exact) mass is 331 g/mol. The van der Waals surface area contributed by atoms with E-state index < -0.39 is 0 Å². The highest BCUT2D eigenvalue weighted by atomic mass is 16.1. The van der Waals surface area contributed by atoms with Gasteiger partial charge in [-0.25, -0.2) is 0 Å². The van der Waals surface area contributed by atoms with Gasteiger partial charge in [0.15, 0.2) is 0 Å². The van der Waals surface area contributed by atoms with Gasteiger partial charge in [-0.05, 0) is 63.7 Å². The Kier molecular flexibility index (Phi) is 5.03. The number of nitrogens with one attached hydrogen (secondary N) is 1. The van der Waals surface area contributed by atoms with Crippen LogP contribution in [0.15, 0.2) is 0 Å². The molecule has 4 heteroatoms. The van der Waals surface area contributed by atoms with E-state index in [1.807, 2.05) is 6.92 Å². The first-order chi connectivity index (χ1) is 11.3. The standard InChI is InChI=1S/C20H33N3O/c1-12(2)11-23-15(5)18(14(4)22-23)10-20(24)21-13(3)19-9-16-6-7-17(19)8-16/h12-13,16-17,19H,6-11H2,1-5H3,(H,21,24)/t13-,16+,17+,19+/m1/s1. The average molecular weight is 332 g/mol. The zero-order valence-corrected chi connectivity index (χ0v) is 15.9. The van der Waals surface area contributed by atoms with E-state index in [1.165, 1.54) is 25.7 Å². The van der Waals surface area contributed by atoms with Crippen LogP contribution in [-0.2, 0) is 17.8 Å². The summed E-state index contributed by atoms with van der Waals surface area (Å²) in [5, 5.41) is 7.91. The number of rotatable bonds is 6. The predicted octanol–water partition coefficient (Wildman–Crippen LogP) is 3.64. The lowest BCUT2D eigenvalue weighted by atomic mass is 9.84. The summed E-state index contributed by atoms with van der Waals surface area (Å²) >= 11 is 0. The highest BCUT2D eigenvalue weighted by Gasteiger charge is 2.42. The molecular weight excluding hydrogens is 298 g/mol. The largest absolute Gasteiger partial charge is 0.353 e. The predicted molar refractivity (Wildman–Crippen MR) is 96.8 cm³/mol. The average Bonchev–Trinajstić information content (AvgIpc) is 3.18. The van der Waals surface area contributed by atoms with E-state index in [2.05, 4.69) is 42.8 Å². The van der Waals surface area contributed by atoms with Gasteiger partial charge in [-0.2, -0.15) is 5.10 Å². The molecule has 3 rings (SSSR count). The van der Waals surface area contributed by atoms with Crippen LogP contribution in [0, 0.1) is 37.5 Å². The minimum atomic E-state index is 0.153. The van der Waals surface area contributed by atoms with Crippen molar-refractivity contribution in [3.05, 3.63) is 17.0 Å². The Balaban J connectivity index is 1.59. The van der Waals surface area contributed by atoms with Crippen molar-refractivity contribution in [3.63, 3.8) is 0 Å². The normalized spacial score (nSPS) is 27.0. The van der Waals surface area contributed by atoms with Gasteiger partial charge in [0.2, 0.25) is 5.91 Å². The van der Waals surface area contributed by atoms with E-state index in [4.69, 9.17) is 0 Å². The molecule has 1 heterocycles. The second kappa shape index (κ2) is 6.89. The topological polar surface area (TPSA) is 46.9 Å². The van der Waals surface area contributed by atoms with Gasteiger partial charge in [0.25, 0.3) is 0 Å². The Morgan fingerprint density at radius 2 is 2.00 bits per heavy atom. The minimum Gasteiger partial charge on any atom is -0.353 e. The van der Waals surface area contributed by atoms with Gasteiger partial charge < -0.3 is 5.32 Å². The Morgan fingerprint density at radius 3 is 2.58 bits per heavy atom. The van der Waals surface area contributed by atoms with Crippen LogP contribution in [0.5, 0.6) is 0 Å². The van der Waals surface area contributed by atoms with Gasteiger partial charge in [0.05, 0.1) is 12.1 Å². The number of amides is 1. The molecule has 2 saturated carbocycles. The van der Waals surface area contributed by atoms with Gasteiger partial charge in [-0.15, -0.1) is 0 Å². The van der Waals surface area contributed by atoms with E-state index in [0.717, 1.165) is 35.3 Å². The quantitative estimate of drug-likeness (QED) is 0.865. The van der Waals surface area contributed by atoms with E-state index in [1.54, 1.807) is 0 Å². The lowest BCUT2D eigenvalue weighted by molar-refractivity contribution is -0.121. The number of carbonyl (C=O) groups is 1. The summed E-state index contributed by atoms with van der Waals surface area (Å²) in [5.41, 5.74) is 3.24. The molecule has 0 unspecified atom stereocenters. The van der Waals surface area contributed by atoms with Crippen molar-refractivity contribution in [2.45, 2.75) is 79.3 Å². The lowest BCUT2D eigenvalue weighted by Gasteiger charge is -2.28. The fourth-order valence-corrected chi connectivity index (χ4v) is 4.99. The third kappa shape index (κ3) is 3.52. The molecule has 1 aromatic heterocycles. The second-order valence-corrected chi connectivity index (χ2v) is 8.60. The maximum absolute atomic E-state index is 12.6. The van der Waals surface area contributed by atoms with Crippen molar-refractivity contribution < 1.29 is 4.79 Å². The van der Waals surface area contributed by atoms with Gasteiger partial charge in [0, 0.05) is 23.8 Å². The smallest absolute Gasteiger partial charge is 0.224 e. The van der Waals surface area contributed by atoms with Gasteiger partial charge in [-0.1, -0.05) is 20.3 Å².